The lowest BCUT2D eigenvalue weighted by Crippen LogP contribution is -1.96. The van der Waals surface area contributed by atoms with Crippen molar-refractivity contribution in [3.8, 4) is 27.9 Å². The van der Waals surface area contributed by atoms with Crippen molar-refractivity contribution in [1.29, 1.82) is 0 Å². The Morgan fingerprint density at radius 1 is 0.475 bits per heavy atom. The molecule has 10 aromatic rings. The Kier molecular flexibility index (Phi) is 9.35. The molecule has 0 atom stereocenters. The van der Waals surface area contributed by atoms with Crippen molar-refractivity contribution in [3.63, 3.8) is 0 Å². The van der Waals surface area contributed by atoms with Crippen LogP contribution in [0.5, 0.6) is 0 Å². The average molecular weight is 756 g/mol. The van der Waals surface area contributed by atoms with Gasteiger partial charge >= 0.3 is 0 Å². The van der Waals surface area contributed by atoms with Crippen molar-refractivity contribution in [1.82, 2.24) is 4.57 Å². The highest BCUT2D eigenvalue weighted by atomic mass is 15.0. The topological polar surface area (TPSA) is 4.93 Å². The lowest BCUT2D eigenvalue weighted by Gasteiger charge is -2.17. The van der Waals surface area contributed by atoms with Gasteiger partial charge in [-0.3, -0.25) is 0 Å². The van der Waals surface area contributed by atoms with Crippen molar-refractivity contribution in [3.05, 3.63) is 217 Å². The highest BCUT2D eigenvalue weighted by Gasteiger charge is 2.22. The third-order valence-electron chi connectivity index (χ3n) is 12.1. The lowest BCUT2D eigenvalue weighted by atomic mass is 9.87. The molecule has 0 radical (unpaired) electrons. The molecule has 0 N–H and O–H groups in total. The first-order chi connectivity index (χ1) is 29.2. The molecule has 1 heteroatoms. The van der Waals surface area contributed by atoms with Gasteiger partial charge in [-0.15, -0.1) is 0 Å². The molecule has 0 amide bonds. The second kappa shape index (κ2) is 15.3. The Hall–Kier alpha value is -7.22. The SMILES string of the molecule is CC=CC=CCc1c2ccccc2c(-c2ccc(-n3c4cc(C(C=CC)=CC)c5ccccc5c4c4c5ccccc5c(-c5ccccc5)cc43)cc2)c2ccccc12. The van der Waals surface area contributed by atoms with Crippen LogP contribution in [0.3, 0.4) is 0 Å². The molecule has 0 saturated carbocycles. The third kappa shape index (κ3) is 6.01. The minimum atomic E-state index is 0.873. The maximum absolute atomic E-state index is 2.52. The van der Waals surface area contributed by atoms with Crippen molar-refractivity contribution < 1.29 is 0 Å². The van der Waals surface area contributed by atoms with Crippen LogP contribution in [0.2, 0.25) is 0 Å². The average Bonchev–Trinajstić information content (AvgIpc) is 3.63. The van der Waals surface area contributed by atoms with Gasteiger partial charge in [-0.1, -0.05) is 182 Å². The van der Waals surface area contributed by atoms with Crippen LogP contribution >= 0.6 is 0 Å². The van der Waals surface area contributed by atoms with Crippen molar-refractivity contribution >= 4 is 70.5 Å². The maximum atomic E-state index is 2.52. The Labute approximate surface area is 346 Å². The molecule has 59 heavy (non-hydrogen) atoms. The number of aromatic nitrogens is 1. The Morgan fingerprint density at radius 2 is 1.02 bits per heavy atom. The summed E-state index contributed by atoms with van der Waals surface area (Å²) in [5, 5.41) is 12.8. The number of hydrogen-bond acceptors (Lipinski definition) is 0. The molecule has 0 aliphatic carbocycles. The number of hydrogen-bond donors (Lipinski definition) is 0. The van der Waals surface area contributed by atoms with E-state index in [2.05, 4.69) is 232 Å². The smallest absolute Gasteiger partial charge is 0.0553 e. The molecule has 0 saturated heterocycles. The molecule has 1 aromatic heterocycles. The van der Waals surface area contributed by atoms with E-state index in [0.717, 1.165) is 12.1 Å². The van der Waals surface area contributed by atoms with E-state index in [-0.39, 0.29) is 0 Å². The Balaban J connectivity index is 1.28. The fraction of sp³-hybridized carbons (Fsp3) is 0.0690. The van der Waals surface area contributed by atoms with Gasteiger partial charge in [0.15, 0.2) is 0 Å². The number of benzene rings is 9. The Bertz CT molecular complexity index is 3290. The molecule has 9 aromatic carbocycles. The quantitative estimate of drug-likeness (QED) is 0.108. The van der Waals surface area contributed by atoms with Gasteiger partial charge in [-0.2, -0.15) is 0 Å². The third-order valence-corrected chi connectivity index (χ3v) is 12.1. The van der Waals surface area contributed by atoms with Crippen LogP contribution in [-0.4, -0.2) is 4.57 Å². The highest BCUT2D eigenvalue weighted by molar-refractivity contribution is 6.31. The number of rotatable bonds is 8. The summed E-state index contributed by atoms with van der Waals surface area (Å²) < 4.78 is 2.52. The zero-order valence-corrected chi connectivity index (χ0v) is 33.8. The van der Waals surface area contributed by atoms with Gasteiger partial charge in [0.2, 0.25) is 0 Å². The van der Waals surface area contributed by atoms with Gasteiger partial charge in [-0.25, -0.2) is 0 Å². The number of fused-ring (bicyclic) bond motifs is 9. The highest BCUT2D eigenvalue weighted by Crippen LogP contribution is 2.46. The monoisotopic (exact) mass is 755 g/mol. The van der Waals surface area contributed by atoms with E-state index in [0.29, 0.717) is 0 Å². The van der Waals surface area contributed by atoms with Gasteiger partial charge in [0.05, 0.1) is 11.0 Å². The van der Waals surface area contributed by atoms with Crippen LogP contribution in [0.15, 0.2) is 206 Å². The summed E-state index contributed by atoms with van der Waals surface area (Å²) in [4.78, 5) is 0. The van der Waals surface area contributed by atoms with Crippen LogP contribution in [0.4, 0.5) is 0 Å². The lowest BCUT2D eigenvalue weighted by molar-refractivity contribution is 1.18. The Morgan fingerprint density at radius 3 is 1.63 bits per heavy atom. The second-order valence-corrected chi connectivity index (χ2v) is 15.3. The van der Waals surface area contributed by atoms with E-state index in [4.69, 9.17) is 0 Å². The number of allylic oxidation sites excluding steroid dienone is 8. The van der Waals surface area contributed by atoms with Crippen LogP contribution in [0.1, 0.15) is 31.9 Å². The predicted octanol–water partition coefficient (Wildman–Crippen LogP) is 16.4. The van der Waals surface area contributed by atoms with Gasteiger partial charge in [0, 0.05) is 16.5 Å². The second-order valence-electron chi connectivity index (χ2n) is 15.3. The maximum Gasteiger partial charge on any atom is 0.0553 e. The molecule has 0 unspecified atom stereocenters. The van der Waals surface area contributed by atoms with Crippen LogP contribution in [-0.2, 0) is 6.42 Å². The van der Waals surface area contributed by atoms with Crippen molar-refractivity contribution in [2.75, 3.05) is 0 Å². The molecule has 282 valence electrons. The largest absolute Gasteiger partial charge is 0.309 e. The zero-order chi connectivity index (χ0) is 39.9. The first kappa shape index (κ1) is 36.1. The summed E-state index contributed by atoms with van der Waals surface area (Å²) in [6.07, 6.45) is 16.1. The van der Waals surface area contributed by atoms with Crippen molar-refractivity contribution in [2.24, 2.45) is 0 Å². The number of nitrogens with zero attached hydrogens (tertiary/aromatic N) is 1. The molecular formula is C58H45N. The molecule has 0 aliphatic rings. The van der Waals surface area contributed by atoms with Gasteiger partial charge in [0.25, 0.3) is 0 Å². The summed E-state index contributed by atoms with van der Waals surface area (Å²) in [5.41, 5.74) is 12.3. The fourth-order valence-electron chi connectivity index (χ4n) is 9.53. The predicted molar refractivity (Wildman–Crippen MR) is 258 cm³/mol. The van der Waals surface area contributed by atoms with E-state index in [1.165, 1.54) is 104 Å². The zero-order valence-electron chi connectivity index (χ0n) is 33.8. The molecule has 1 heterocycles. The van der Waals surface area contributed by atoms with E-state index in [9.17, 15) is 0 Å². The summed E-state index contributed by atoms with van der Waals surface area (Å²) in [6.45, 7) is 6.30. The molecule has 1 nitrogen and oxygen atoms in total. The molecular weight excluding hydrogens is 711 g/mol. The van der Waals surface area contributed by atoms with Crippen LogP contribution < -0.4 is 0 Å². The molecule has 0 bridgehead atoms. The van der Waals surface area contributed by atoms with Gasteiger partial charge in [-0.05, 0) is 134 Å². The van der Waals surface area contributed by atoms with Gasteiger partial charge < -0.3 is 4.57 Å². The molecule has 10 rings (SSSR count). The van der Waals surface area contributed by atoms with Crippen LogP contribution in [0, 0.1) is 0 Å². The first-order valence-corrected chi connectivity index (χ1v) is 20.8. The van der Waals surface area contributed by atoms with Crippen molar-refractivity contribution in [2.45, 2.75) is 27.2 Å². The standard InChI is InChI=1S/C58H45N/c1-4-7-8-12-24-43-44-25-13-17-29-48(44)56(49-30-18-14-26-45(43)49)41-33-35-42(36-34-41)59-54-37-52(39(6-3)21-5-2)46-27-15-19-31-50(46)57(54)58-51-32-20-16-28-47(51)53(38-55(58)59)40-22-10-9-11-23-40/h4-23,25-38H,24H2,1-3H3. The summed E-state index contributed by atoms with van der Waals surface area (Å²) in [6, 6.07) is 60.8. The minimum absolute atomic E-state index is 0.873. The van der Waals surface area contributed by atoms with E-state index in [1.807, 2.05) is 0 Å². The first-order valence-electron chi connectivity index (χ1n) is 20.8. The summed E-state index contributed by atoms with van der Waals surface area (Å²) >= 11 is 0. The van der Waals surface area contributed by atoms with E-state index in [1.54, 1.807) is 0 Å². The van der Waals surface area contributed by atoms with Crippen LogP contribution in [0.25, 0.3) is 98.4 Å². The molecule has 0 fully saturated rings. The molecule has 0 aliphatic heterocycles. The van der Waals surface area contributed by atoms with E-state index < -0.39 is 0 Å². The summed E-state index contributed by atoms with van der Waals surface area (Å²) in [5.74, 6) is 0. The fourth-order valence-corrected chi connectivity index (χ4v) is 9.53. The van der Waals surface area contributed by atoms with Gasteiger partial charge in [0.1, 0.15) is 0 Å². The summed E-state index contributed by atoms with van der Waals surface area (Å²) in [7, 11) is 0. The normalized spacial score (nSPS) is 12.6. The minimum Gasteiger partial charge on any atom is -0.309 e. The molecule has 0 spiro atoms. The van der Waals surface area contributed by atoms with E-state index >= 15 is 0 Å².